The average Bonchev–Trinajstić information content (AvgIpc) is 2.95. The minimum absolute atomic E-state index is 0.672. The van der Waals surface area contributed by atoms with E-state index in [9.17, 15) is 0 Å². The zero-order chi connectivity index (χ0) is 14.8. The van der Waals surface area contributed by atoms with E-state index in [-0.39, 0.29) is 0 Å². The third kappa shape index (κ3) is 3.20. The maximum Gasteiger partial charge on any atom is 0.163 e. The molecule has 0 aliphatic carbocycles. The number of rotatable bonds is 4. The summed E-state index contributed by atoms with van der Waals surface area (Å²) in [5, 5.41) is 4.09. The molecule has 0 atom stereocenters. The van der Waals surface area contributed by atoms with Crippen LogP contribution in [0.2, 0.25) is 5.02 Å². The number of hydrogen-bond acceptors (Lipinski definition) is 4. The summed E-state index contributed by atoms with van der Waals surface area (Å²) in [7, 11) is 0. The molecule has 3 rings (SSSR count). The second kappa shape index (κ2) is 6.55. The molecule has 6 heteroatoms. The first-order chi connectivity index (χ1) is 10.2. The molecule has 1 aromatic heterocycles. The molecule has 0 saturated heterocycles. The lowest BCUT2D eigenvalue weighted by atomic mass is 10.2. The fourth-order valence-corrected chi connectivity index (χ4v) is 3.83. The van der Waals surface area contributed by atoms with E-state index in [0.29, 0.717) is 10.8 Å². The van der Waals surface area contributed by atoms with Gasteiger partial charge in [-0.25, -0.2) is 9.97 Å². The molecule has 0 spiro atoms. The molecule has 3 nitrogen and oxygen atoms in total. The van der Waals surface area contributed by atoms with Crippen molar-refractivity contribution in [3.63, 3.8) is 0 Å². The van der Waals surface area contributed by atoms with Gasteiger partial charge in [-0.05, 0) is 24.6 Å². The Labute approximate surface area is 142 Å². The fraction of sp³-hybridized carbons (Fsp3) is 0.333. The van der Waals surface area contributed by atoms with Gasteiger partial charge in [0.25, 0.3) is 0 Å². The topological polar surface area (TPSA) is 37.8 Å². The number of nitrogens with one attached hydrogen (secondary N) is 1. The van der Waals surface area contributed by atoms with Gasteiger partial charge in [-0.15, -0.1) is 0 Å². The van der Waals surface area contributed by atoms with Gasteiger partial charge in [-0.2, -0.15) is 11.8 Å². The molecular weight excluding hydrogens is 370 g/mol. The Morgan fingerprint density at radius 1 is 1.33 bits per heavy atom. The predicted molar refractivity (Wildman–Crippen MR) is 94.0 cm³/mol. The Hall–Kier alpha value is -0.780. The highest BCUT2D eigenvalue weighted by molar-refractivity contribution is 9.10. The molecule has 1 aliphatic heterocycles. The van der Waals surface area contributed by atoms with Crippen LogP contribution in [0.4, 0.5) is 5.82 Å². The van der Waals surface area contributed by atoms with Gasteiger partial charge in [0, 0.05) is 33.7 Å². The van der Waals surface area contributed by atoms with Crippen molar-refractivity contribution in [2.75, 3.05) is 11.9 Å². The number of hydrogen-bond donors (Lipinski definition) is 1. The highest BCUT2D eigenvalue weighted by atomic mass is 79.9. The van der Waals surface area contributed by atoms with Crippen molar-refractivity contribution in [2.45, 2.75) is 24.9 Å². The first kappa shape index (κ1) is 15.1. The third-order valence-corrected chi connectivity index (χ3v) is 5.08. The molecule has 0 bridgehead atoms. The van der Waals surface area contributed by atoms with Crippen LogP contribution >= 0.6 is 39.3 Å². The molecule has 0 amide bonds. The summed E-state index contributed by atoms with van der Waals surface area (Å²) in [6.07, 6.45) is 1.07. The van der Waals surface area contributed by atoms with Crippen LogP contribution in [0, 0.1) is 0 Å². The van der Waals surface area contributed by atoms with Crippen LogP contribution in [-0.2, 0) is 11.5 Å². The van der Waals surface area contributed by atoms with E-state index >= 15 is 0 Å². The van der Waals surface area contributed by atoms with Crippen molar-refractivity contribution in [1.29, 1.82) is 0 Å². The number of benzene rings is 1. The van der Waals surface area contributed by atoms with Gasteiger partial charge in [-0.3, -0.25) is 0 Å². The summed E-state index contributed by atoms with van der Waals surface area (Å²) < 4.78 is 0.975. The molecule has 0 saturated carbocycles. The van der Waals surface area contributed by atoms with Crippen molar-refractivity contribution in [3.8, 4) is 11.4 Å². The second-order valence-electron chi connectivity index (χ2n) is 4.86. The normalized spacial score (nSPS) is 13.3. The first-order valence-electron chi connectivity index (χ1n) is 6.86. The second-order valence-corrected chi connectivity index (χ2v) is 7.17. The minimum atomic E-state index is 0.672. The lowest BCUT2D eigenvalue weighted by Gasteiger charge is -2.12. The van der Waals surface area contributed by atoms with E-state index in [1.807, 2.05) is 30.0 Å². The van der Waals surface area contributed by atoms with Gasteiger partial charge in [-0.1, -0.05) is 34.5 Å². The van der Waals surface area contributed by atoms with Crippen LogP contribution in [0.3, 0.4) is 0 Å². The van der Waals surface area contributed by atoms with Gasteiger partial charge in [0.2, 0.25) is 0 Å². The smallest absolute Gasteiger partial charge is 0.163 e. The van der Waals surface area contributed by atoms with Crippen molar-refractivity contribution in [3.05, 3.63) is 39.0 Å². The van der Waals surface area contributed by atoms with Crippen LogP contribution in [0.25, 0.3) is 11.4 Å². The van der Waals surface area contributed by atoms with E-state index in [1.54, 1.807) is 0 Å². The number of halogens is 2. The zero-order valence-corrected chi connectivity index (χ0v) is 14.8. The van der Waals surface area contributed by atoms with E-state index in [0.717, 1.165) is 46.0 Å². The van der Waals surface area contributed by atoms with Crippen LogP contribution < -0.4 is 5.32 Å². The molecule has 0 fully saturated rings. The highest BCUT2D eigenvalue weighted by Gasteiger charge is 2.21. The molecule has 1 aromatic carbocycles. The van der Waals surface area contributed by atoms with Gasteiger partial charge in [0.1, 0.15) is 5.82 Å². The number of fused-ring (bicyclic) bond motifs is 1. The van der Waals surface area contributed by atoms with Crippen LogP contribution in [0.5, 0.6) is 0 Å². The SMILES string of the molecule is CCCNc1nc(-c2cc(Br)ccc2Cl)nc2c1CSC2. The average molecular weight is 385 g/mol. The summed E-state index contributed by atoms with van der Waals surface area (Å²) in [5.41, 5.74) is 3.23. The third-order valence-electron chi connectivity index (χ3n) is 3.29. The van der Waals surface area contributed by atoms with Gasteiger partial charge in [0.05, 0.1) is 10.7 Å². The van der Waals surface area contributed by atoms with Crippen LogP contribution in [-0.4, -0.2) is 16.5 Å². The maximum atomic E-state index is 6.31. The van der Waals surface area contributed by atoms with Gasteiger partial charge >= 0.3 is 0 Å². The summed E-state index contributed by atoms with van der Waals surface area (Å²) in [6, 6.07) is 5.76. The quantitative estimate of drug-likeness (QED) is 0.793. The van der Waals surface area contributed by atoms with E-state index in [2.05, 4.69) is 28.2 Å². The molecule has 1 aliphatic rings. The molecule has 0 unspecified atom stereocenters. The monoisotopic (exact) mass is 383 g/mol. The van der Waals surface area contributed by atoms with Crippen molar-refractivity contribution in [1.82, 2.24) is 9.97 Å². The molecule has 2 aromatic rings. The molecule has 110 valence electrons. The standard InChI is InChI=1S/C15H15BrClN3S/c1-2-5-18-14-11-7-21-8-13(11)19-15(20-14)10-6-9(16)3-4-12(10)17/h3-4,6H,2,5,7-8H2,1H3,(H,18,19,20). The Morgan fingerprint density at radius 2 is 2.19 bits per heavy atom. The first-order valence-corrected chi connectivity index (χ1v) is 9.18. The van der Waals surface area contributed by atoms with Gasteiger partial charge < -0.3 is 5.32 Å². The summed E-state index contributed by atoms with van der Waals surface area (Å²) >= 11 is 11.7. The minimum Gasteiger partial charge on any atom is -0.370 e. The largest absolute Gasteiger partial charge is 0.370 e. The maximum absolute atomic E-state index is 6.31. The fourth-order valence-electron chi connectivity index (χ4n) is 2.23. The Bertz CT molecular complexity index is 678. The molecule has 1 N–H and O–H groups in total. The Kier molecular flexibility index (Phi) is 4.72. The highest BCUT2D eigenvalue weighted by Crippen LogP contribution is 2.36. The van der Waals surface area contributed by atoms with E-state index < -0.39 is 0 Å². The number of nitrogens with zero attached hydrogens (tertiary/aromatic N) is 2. The lowest BCUT2D eigenvalue weighted by molar-refractivity contribution is 0.955. The lowest BCUT2D eigenvalue weighted by Crippen LogP contribution is -2.08. The summed E-state index contributed by atoms with van der Waals surface area (Å²) in [6.45, 7) is 3.06. The number of thioether (sulfide) groups is 1. The van der Waals surface area contributed by atoms with Crippen molar-refractivity contribution < 1.29 is 0 Å². The summed E-state index contributed by atoms with van der Waals surface area (Å²) in [5.74, 6) is 3.57. The molecular formula is C15H15BrClN3S. The van der Waals surface area contributed by atoms with Gasteiger partial charge in [0.15, 0.2) is 5.82 Å². The molecule has 0 radical (unpaired) electrons. The number of aromatic nitrogens is 2. The number of anilines is 1. The molecule has 21 heavy (non-hydrogen) atoms. The zero-order valence-electron chi connectivity index (χ0n) is 11.6. The van der Waals surface area contributed by atoms with E-state index in [4.69, 9.17) is 21.6 Å². The van der Waals surface area contributed by atoms with E-state index in [1.165, 1.54) is 5.56 Å². The van der Waals surface area contributed by atoms with Crippen molar-refractivity contribution in [2.24, 2.45) is 0 Å². The Morgan fingerprint density at radius 3 is 3.00 bits per heavy atom. The molecule has 2 heterocycles. The van der Waals surface area contributed by atoms with Crippen LogP contribution in [0.1, 0.15) is 24.6 Å². The van der Waals surface area contributed by atoms with Crippen molar-refractivity contribution >= 4 is 45.1 Å². The predicted octanol–water partition coefficient (Wildman–Crippen LogP) is 5.13. The van der Waals surface area contributed by atoms with Crippen LogP contribution in [0.15, 0.2) is 22.7 Å². The Balaban J connectivity index is 2.08. The summed E-state index contributed by atoms with van der Waals surface area (Å²) in [4.78, 5) is 9.43.